The van der Waals surface area contributed by atoms with Crippen LogP contribution in [0, 0.1) is 18.7 Å². The van der Waals surface area contributed by atoms with Crippen LogP contribution in [0.25, 0.3) is 16.5 Å². The fourth-order valence-corrected chi connectivity index (χ4v) is 9.16. The molecule has 0 radical (unpaired) electrons. The van der Waals surface area contributed by atoms with Gasteiger partial charge in [-0.2, -0.15) is 0 Å². The molecular weight excluding hydrogens is 642 g/mol. The SMILES string of the molecule is CC[C@@]1(O)C(=O)OCC2=C1C=C1c3nc4cc(F)c(C)c5c4c(c3CC1CC2=O)[C@@H](NC(O)OC[C@H](C)SSc1ccccn1)CC5. The lowest BCUT2D eigenvalue weighted by molar-refractivity contribution is -0.163. The van der Waals surface area contributed by atoms with Crippen molar-refractivity contribution in [3.05, 3.63) is 81.4 Å². The maximum atomic E-state index is 15.2. The lowest BCUT2D eigenvalue weighted by Gasteiger charge is -2.32. The first-order valence-electron chi connectivity index (χ1n) is 15.9. The zero-order valence-corrected chi connectivity index (χ0v) is 28.0. The molecule has 0 bridgehead atoms. The summed E-state index contributed by atoms with van der Waals surface area (Å²) < 4.78 is 26.3. The van der Waals surface area contributed by atoms with Gasteiger partial charge in [0.2, 0.25) is 6.41 Å². The van der Waals surface area contributed by atoms with Crippen LogP contribution in [0.4, 0.5) is 4.39 Å². The Hall–Kier alpha value is -3.13. The van der Waals surface area contributed by atoms with Crippen molar-refractivity contribution in [2.75, 3.05) is 13.2 Å². The van der Waals surface area contributed by atoms with Crippen LogP contribution in [0.5, 0.6) is 0 Å². The van der Waals surface area contributed by atoms with Crippen molar-refractivity contribution < 1.29 is 33.7 Å². The molecule has 7 rings (SSSR count). The molecule has 4 aliphatic rings. The number of ketones is 1. The molecule has 0 saturated carbocycles. The van der Waals surface area contributed by atoms with Crippen molar-refractivity contribution in [2.24, 2.45) is 5.92 Å². The van der Waals surface area contributed by atoms with E-state index >= 15 is 4.39 Å². The predicted molar refractivity (Wildman–Crippen MR) is 178 cm³/mol. The second kappa shape index (κ2) is 12.7. The Morgan fingerprint density at radius 2 is 2.09 bits per heavy atom. The van der Waals surface area contributed by atoms with Crippen LogP contribution in [0.3, 0.4) is 0 Å². The minimum absolute atomic E-state index is 0.0480. The minimum Gasteiger partial charge on any atom is -0.458 e. The Morgan fingerprint density at radius 1 is 1.26 bits per heavy atom. The van der Waals surface area contributed by atoms with Gasteiger partial charge in [0, 0.05) is 46.5 Å². The second-order valence-corrected chi connectivity index (χ2v) is 15.3. The Kier molecular flexibility index (Phi) is 8.77. The van der Waals surface area contributed by atoms with E-state index in [4.69, 9.17) is 14.5 Å². The lowest BCUT2D eigenvalue weighted by Crippen LogP contribution is -2.46. The van der Waals surface area contributed by atoms with E-state index in [-0.39, 0.29) is 53.8 Å². The first kappa shape index (κ1) is 32.4. The number of fused-ring (bicyclic) bond motifs is 4. The summed E-state index contributed by atoms with van der Waals surface area (Å²) in [5, 5.41) is 27.5. The topological polar surface area (TPSA) is 131 Å². The number of carbonyl (C=O) groups excluding carboxylic acids is 2. The number of carbonyl (C=O) groups is 2. The highest BCUT2D eigenvalue weighted by atomic mass is 33.1. The summed E-state index contributed by atoms with van der Waals surface area (Å²) in [4.78, 5) is 35.6. The van der Waals surface area contributed by atoms with Gasteiger partial charge in [-0.15, -0.1) is 0 Å². The van der Waals surface area contributed by atoms with Gasteiger partial charge in [0.15, 0.2) is 11.4 Å². The van der Waals surface area contributed by atoms with Crippen molar-refractivity contribution in [1.29, 1.82) is 0 Å². The number of allylic oxidation sites excluding steroid dienone is 1. The number of aromatic nitrogens is 2. The van der Waals surface area contributed by atoms with Crippen LogP contribution in [0.2, 0.25) is 0 Å². The first-order chi connectivity index (χ1) is 22.6. The number of benzene rings is 1. The largest absolute Gasteiger partial charge is 0.458 e. The van der Waals surface area contributed by atoms with E-state index in [2.05, 4.69) is 10.3 Å². The second-order valence-electron chi connectivity index (χ2n) is 12.6. The van der Waals surface area contributed by atoms with Crippen molar-refractivity contribution in [3.63, 3.8) is 0 Å². The Labute approximate surface area is 279 Å². The van der Waals surface area contributed by atoms with Crippen LogP contribution < -0.4 is 5.32 Å². The predicted octanol–water partition coefficient (Wildman–Crippen LogP) is 5.30. The number of rotatable bonds is 9. The quantitative estimate of drug-likeness (QED) is 0.155. The van der Waals surface area contributed by atoms with Gasteiger partial charge in [0.1, 0.15) is 17.5 Å². The molecule has 3 aliphatic carbocycles. The average molecular weight is 678 g/mol. The highest BCUT2D eigenvalue weighted by Crippen LogP contribution is 2.50. The van der Waals surface area contributed by atoms with Gasteiger partial charge >= 0.3 is 5.97 Å². The van der Waals surface area contributed by atoms with Gasteiger partial charge in [-0.25, -0.2) is 19.2 Å². The zero-order valence-electron chi connectivity index (χ0n) is 26.3. The van der Waals surface area contributed by atoms with Gasteiger partial charge < -0.3 is 19.7 Å². The van der Waals surface area contributed by atoms with E-state index in [9.17, 15) is 19.8 Å². The molecule has 246 valence electrons. The number of Topliss-reactive ketones (excluding diaryl/α,β-unsaturated/α-hetero) is 1. The maximum absolute atomic E-state index is 15.2. The van der Waals surface area contributed by atoms with E-state index < -0.39 is 18.0 Å². The number of aliphatic hydroxyl groups is 2. The molecule has 2 aromatic heterocycles. The molecule has 1 aromatic carbocycles. The highest BCUT2D eigenvalue weighted by Gasteiger charge is 2.48. The normalized spacial score (nSPS) is 24.7. The summed E-state index contributed by atoms with van der Waals surface area (Å²) in [6.07, 6.45) is 4.17. The molecule has 5 atom stereocenters. The minimum atomic E-state index is -1.94. The number of pyridine rings is 2. The van der Waals surface area contributed by atoms with E-state index in [0.717, 1.165) is 32.7 Å². The van der Waals surface area contributed by atoms with Crippen molar-refractivity contribution in [3.8, 4) is 0 Å². The van der Waals surface area contributed by atoms with Gasteiger partial charge in [-0.05, 0) is 95.4 Å². The molecule has 9 nitrogen and oxygen atoms in total. The summed E-state index contributed by atoms with van der Waals surface area (Å²) in [7, 11) is 3.16. The lowest BCUT2D eigenvalue weighted by atomic mass is 9.81. The molecule has 1 aliphatic heterocycles. The standard InChI is InChI=1S/C35H36FN3O6S2/c1-4-35(43)24-13-21-19(12-28(40)23(24)16-44-33(35)41)11-22-31-26(9-8-20-18(3)25(36)14-27(30(20)31)38-32(21)22)39-34(42)45-15-17(2)46-47-29-7-5-6-10-37-29/h5-7,10,13-14,17,19,26,34,39,42-43H,4,8-9,11-12,15-16H2,1-3H3/t17-,19?,26-,34?,35-/m0/s1. The third-order valence-electron chi connectivity index (χ3n) is 9.74. The van der Waals surface area contributed by atoms with Crippen LogP contribution in [-0.2, 0) is 31.9 Å². The van der Waals surface area contributed by atoms with E-state index in [1.165, 1.54) is 6.07 Å². The number of halogens is 1. The molecule has 0 saturated heterocycles. The monoisotopic (exact) mass is 677 g/mol. The highest BCUT2D eigenvalue weighted by molar-refractivity contribution is 8.76. The molecule has 47 heavy (non-hydrogen) atoms. The van der Waals surface area contributed by atoms with Crippen LogP contribution >= 0.6 is 21.6 Å². The van der Waals surface area contributed by atoms with Gasteiger partial charge in [-0.3, -0.25) is 10.1 Å². The number of nitrogens with one attached hydrogen (secondary N) is 1. The number of ether oxygens (including phenoxy) is 2. The molecule has 0 fully saturated rings. The molecule has 0 spiro atoms. The summed E-state index contributed by atoms with van der Waals surface area (Å²) in [5.74, 6) is -1.52. The Bertz CT molecular complexity index is 1850. The van der Waals surface area contributed by atoms with Crippen LogP contribution in [-0.4, -0.2) is 62.4 Å². The molecule has 12 heteroatoms. The number of hydrogen-bond acceptors (Lipinski definition) is 11. The van der Waals surface area contributed by atoms with E-state index in [0.29, 0.717) is 48.2 Å². The van der Waals surface area contributed by atoms with E-state index in [1.54, 1.807) is 47.7 Å². The van der Waals surface area contributed by atoms with Gasteiger partial charge in [0.05, 0.1) is 17.8 Å². The number of aryl methyl sites for hydroxylation is 1. The molecule has 2 unspecified atom stereocenters. The fraction of sp³-hybridized carbons (Fsp3) is 0.429. The number of nitrogens with zero attached hydrogens (tertiary/aromatic N) is 2. The summed E-state index contributed by atoms with van der Waals surface area (Å²) in [5.41, 5.74) is 3.85. The van der Waals surface area contributed by atoms with Crippen molar-refractivity contribution >= 4 is 49.8 Å². The molecule has 3 N–H and O–H groups in total. The Morgan fingerprint density at radius 3 is 2.85 bits per heavy atom. The summed E-state index contributed by atoms with van der Waals surface area (Å²) in [6, 6.07) is 6.88. The number of esters is 1. The maximum Gasteiger partial charge on any atom is 0.343 e. The number of hydrogen-bond donors (Lipinski definition) is 3. The molecular formula is C35H36FN3O6S2. The first-order valence-corrected chi connectivity index (χ1v) is 18.1. The third-order valence-corrected chi connectivity index (χ3v) is 12.5. The van der Waals surface area contributed by atoms with Gasteiger partial charge in [0.25, 0.3) is 0 Å². The third kappa shape index (κ3) is 5.72. The smallest absolute Gasteiger partial charge is 0.343 e. The molecule has 0 amide bonds. The molecule has 3 heterocycles. The van der Waals surface area contributed by atoms with Crippen LogP contribution in [0.1, 0.15) is 67.1 Å². The van der Waals surface area contributed by atoms with Crippen molar-refractivity contribution in [1.82, 2.24) is 15.3 Å². The molecule has 3 aromatic rings. The number of aliphatic hydroxyl groups excluding tert-OH is 1. The summed E-state index contributed by atoms with van der Waals surface area (Å²) >= 11 is 0. The number of cyclic esters (lactones) is 1. The zero-order chi connectivity index (χ0) is 33.0. The van der Waals surface area contributed by atoms with Crippen LogP contribution in [0.15, 0.2) is 52.7 Å². The van der Waals surface area contributed by atoms with Gasteiger partial charge in [-0.1, -0.05) is 30.7 Å². The summed E-state index contributed by atoms with van der Waals surface area (Å²) in [6.45, 7) is 5.60. The Balaban J connectivity index is 1.22. The average Bonchev–Trinajstić information content (AvgIpc) is 3.32. The fourth-order valence-electron chi connectivity index (χ4n) is 7.27. The van der Waals surface area contributed by atoms with E-state index in [1.807, 2.05) is 25.1 Å². The van der Waals surface area contributed by atoms with Crippen molar-refractivity contribution in [2.45, 2.75) is 81.2 Å².